The summed E-state index contributed by atoms with van der Waals surface area (Å²) in [5.74, 6) is -0.000312. The van der Waals surface area contributed by atoms with Gasteiger partial charge in [0.15, 0.2) is 0 Å². The summed E-state index contributed by atoms with van der Waals surface area (Å²) >= 11 is 0. The normalized spacial score (nSPS) is 15.2. The second-order valence-electron chi connectivity index (χ2n) is 6.97. The Bertz CT molecular complexity index is 745. The maximum absolute atomic E-state index is 12.3. The van der Waals surface area contributed by atoms with Gasteiger partial charge in [-0.1, -0.05) is 19.3 Å². The minimum Gasteiger partial charge on any atom is -0.378 e. The number of anilines is 1. The summed E-state index contributed by atoms with van der Waals surface area (Å²) in [5, 5.41) is 11.6. The highest BCUT2D eigenvalue weighted by Crippen LogP contribution is 2.22. The summed E-state index contributed by atoms with van der Waals surface area (Å²) in [5.41, 5.74) is 3.33. The highest BCUT2D eigenvalue weighted by molar-refractivity contribution is 5.94. The molecule has 136 valence electrons. The van der Waals surface area contributed by atoms with Gasteiger partial charge in [-0.2, -0.15) is 10.2 Å². The lowest BCUT2D eigenvalue weighted by molar-refractivity contribution is 0.0928. The van der Waals surface area contributed by atoms with Crippen LogP contribution < -0.4 is 10.2 Å². The fourth-order valence-electron chi connectivity index (χ4n) is 3.13. The lowest BCUT2D eigenvalue weighted by atomic mass is 9.95. The second kappa shape index (κ2) is 8.61. The van der Waals surface area contributed by atoms with Gasteiger partial charge in [0.25, 0.3) is 5.91 Å². The van der Waals surface area contributed by atoms with E-state index in [9.17, 15) is 4.79 Å². The summed E-state index contributed by atoms with van der Waals surface area (Å²) in [6.07, 6.45) is 5.87. The van der Waals surface area contributed by atoms with E-state index in [0.717, 1.165) is 29.9 Å². The zero-order chi connectivity index (χ0) is 18.4. The van der Waals surface area contributed by atoms with Crippen molar-refractivity contribution in [1.82, 2.24) is 5.32 Å². The van der Waals surface area contributed by atoms with Crippen LogP contribution in [0.1, 0.15) is 42.5 Å². The van der Waals surface area contributed by atoms with E-state index in [-0.39, 0.29) is 5.91 Å². The Kier molecular flexibility index (Phi) is 6.00. The molecule has 0 unspecified atom stereocenters. The molecule has 0 bridgehead atoms. The molecule has 1 aliphatic rings. The minimum atomic E-state index is -0.000312. The Morgan fingerprint density at radius 1 is 0.885 bits per heavy atom. The Balaban J connectivity index is 1.59. The van der Waals surface area contributed by atoms with Gasteiger partial charge in [-0.25, -0.2) is 0 Å². The third-order valence-electron chi connectivity index (χ3n) is 4.72. The lowest BCUT2D eigenvalue weighted by Gasteiger charge is -2.22. The van der Waals surface area contributed by atoms with Crippen molar-refractivity contribution in [2.45, 2.75) is 38.1 Å². The third kappa shape index (κ3) is 4.91. The van der Waals surface area contributed by atoms with Crippen molar-refractivity contribution in [1.29, 1.82) is 0 Å². The van der Waals surface area contributed by atoms with E-state index in [1.54, 1.807) is 0 Å². The van der Waals surface area contributed by atoms with Crippen LogP contribution >= 0.6 is 0 Å². The first-order chi connectivity index (χ1) is 12.6. The van der Waals surface area contributed by atoms with Crippen LogP contribution in [0.15, 0.2) is 58.8 Å². The van der Waals surface area contributed by atoms with Crippen LogP contribution in [0.2, 0.25) is 0 Å². The number of rotatable bonds is 5. The molecule has 0 heterocycles. The van der Waals surface area contributed by atoms with Crippen molar-refractivity contribution in [3.8, 4) is 0 Å². The van der Waals surface area contributed by atoms with Crippen molar-refractivity contribution in [3.05, 3.63) is 54.1 Å². The first-order valence-electron chi connectivity index (χ1n) is 9.22. The van der Waals surface area contributed by atoms with Gasteiger partial charge in [-0.3, -0.25) is 4.79 Å². The maximum Gasteiger partial charge on any atom is 0.251 e. The largest absolute Gasteiger partial charge is 0.378 e. The third-order valence-corrected chi connectivity index (χ3v) is 4.72. The maximum atomic E-state index is 12.3. The van der Waals surface area contributed by atoms with Gasteiger partial charge in [0.1, 0.15) is 0 Å². The monoisotopic (exact) mass is 350 g/mol. The van der Waals surface area contributed by atoms with E-state index in [1.807, 2.05) is 67.5 Å². The molecule has 5 nitrogen and oxygen atoms in total. The van der Waals surface area contributed by atoms with Gasteiger partial charge in [0.2, 0.25) is 0 Å². The van der Waals surface area contributed by atoms with Crippen LogP contribution in [0.5, 0.6) is 0 Å². The van der Waals surface area contributed by atoms with E-state index in [2.05, 4.69) is 15.5 Å². The molecule has 1 aliphatic carbocycles. The molecule has 3 rings (SSSR count). The Morgan fingerprint density at radius 2 is 1.42 bits per heavy atom. The number of carbonyl (C=O) groups is 1. The predicted octanol–water partition coefficient (Wildman–Crippen LogP) is 5.23. The average Bonchev–Trinajstić information content (AvgIpc) is 2.68. The fraction of sp³-hybridized carbons (Fsp3) is 0.381. The lowest BCUT2D eigenvalue weighted by Crippen LogP contribution is -2.36. The van der Waals surface area contributed by atoms with E-state index >= 15 is 0 Å². The van der Waals surface area contributed by atoms with E-state index in [1.165, 1.54) is 19.3 Å². The smallest absolute Gasteiger partial charge is 0.251 e. The van der Waals surface area contributed by atoms with Crippen LogP contribution in [0, 0.1) is 0 Å². The van der Waals surface area contributed by atoms with Crippen LogP contribution in [0.4, 0.5) is 17.1 Å². The zero-order valence-corrected chi connectivity index (χ0v) is 15.5. The number of amides is 1. The molecule has 2 aromatic carbocycles. The van der Waals surface area contributed by atoms with Crippen LogP contribution in [-0.2, 0) is 0 Å². The number of hydrogen-bond donors (Lipinski definition) is 1. The van der Waals surface area contributed by atoms with Crippen molar-refractivity contribution in [3.63, 3.8) is 0 Å². The van der Waals surface area contributed by atoms with E-state index in [0.29, 0.717) is 11.6 Å². The molecular formula is C21H26N4O. The van der Waals surface area contributed by atoms with E-state index in [4.69, 9.17) is 0 Å². The molecule has 0 radical (unpaired) electrons. The van der Waals surface area contributed by atoms with Crippen LogP contribution in [-0.4, -0.2) is 26.0 Å². The minimum absolute atomic E-state index is 0.000312. The molecule has 1 fully saturated rings. The molecule has 0 spiro atoms. The highest BCUT2D eigenvalue weighted by atomic mass is 16.1. The molecule has 0 atom stereocenters. The van der Waals surface area contributed by atoms with Crippen molar-refractivity contribution < 1.29 is 4.79 Å². The molecule has 2 aromatic rings. The van der Waals surface area contributed by atoms with Gasteiger partial charge < -0.3 is 10.2 Å². The zero-order valence-electron chi connectivity index (χ0n) is 15.5. The molecule has 26 heavy (non-hydrogen) atoms. The van der Waals surface area contributed by atoms with Gasteiger partial charge in [-0.05, 0) is 61.4 Å². The van der Waals surface area contributed by atoms with Gasteiger partial charge in [0.05, 0.1) is 11.4 Å². The van der Waals surface area contributed by atoms with E-state index < -0.39 is 0 Å². The molecule has 1 amide bonds. The summed E-state index contributed by atoms with van der Waals surface area (Å²) < 4.78 is 0. The van der Waals surface area contributed by atoms with Crippen LogP contribution in [0.3, 0.4) is 0 Å². The quantitative estimate of drug-likeness (QED) is 0.751. The molecule has 1 saturated carbocycles. The Labute approximate surface area is 155 Å². The topological polar surface area (TPSA) is 57.1 Å². The summed E-state index contributed by atoms with van der Waals surface area (Å²) in [7, 11) is 4.00. The Hall–Kier alpha value is -2.69. The number of carbonyl (C=O) groups excluding carboxylic acids is 1. The number of hydrogen-bond acceptors (Lipinski definition) is 4. The summed E-state index contributed by atoms with van der Waals surface area (Å²) in [6, 6.07) is 15.5. The molecule has 0 saturated heterocycles. The van der Waals surface area contributed by atoms with Crippen molar-refractivity contribution >= 4 is 23.0 Å². The van der Waals surface area contributed by atoms with Gasteiger partial charge in [-0.15, -0.1) is 0 Å². The van der Waals surface area contributed by atoms with Crippen molar-refractivity contribution in [2.75, 3.05) is 19.0 Å². The Morgan fingerprint density at radius 3 is 1.96 bits per heavy atom. The fourth-order valence-corrected chi connectivity index (χ4v) is 3.13. The molecular weight excluding hydrogens is 324 g/mol. The molecule has 5 heteroatoms. The standard InChI is InChI=1S/C21H26N4O/c1-25(2)20-14-12-19(13-15-20)24-23-18-10-8-16(9-11-18)21(26)22-17-6-4-3-5-7-17/h8-15,17H,3-7H2,1-2H3,(H,22,26). The molecule has 0 aliphatic heterocycles. The summed E-state index contributed by atoms with van der Waals surface area (Å²) in [6.45, 7) is 0. The SMILES string of the molecule is CN(C)c1ccc(N=Nc2ccc(C(=O)NC3CCCCC3)cc2)cc1. The van der Waals surface area contributed by atoms with Gasteiger partial charge in [0, 0.05) is 31.4 Å². The van der Waals surface area contributed by atoms with Gasteiger partial charge >= 0.3 is 0 Å². The number of nitrogens with one attached hydrogen (secondary N) is 1. The average molecular weight is 350 g/mol. The number of nitrogens with zero attached hydrogens (tertiary/aromatic N) is 3. The number of benzene rings is 2. The second-order valence-corrected chi connectivity index (χ2v) is 6.97. The van der Waals surface area contributed by atoms with Crippen molar-refractivity contribution in [2.24, 2.45) is 10.2 Å². The first kappa shape index (κ1) is 18.1. The van der Waals surface area contributed by atoms with Crippen LogP contribution in [0.25, 0.3) is 0 Å². The summed E-state index contributed by atoms with van der Waals surface area (Å²) in [4.78, 5) is 14.4. The molecule has 1 N–H and O–H groups in total. The molecule has 0 aromatic heterocycles. The highest BCUT2D eigenvalue weighted by Gasteiger charge is 2.16. The number of azo groups is 1. The predicted molar refractivity (Wildman–Crippen MR) is 106 cm³/mol. The first-order valence-corrected chi connectivity index (χ1v) is 9.22.